The zero-order valence-electron chi connectivity index (χ0n) is 17.4. The number of halogens is 1. The monoisotopic (exact) mass is 462 g/mol. The van der Waals surface area contributed by atoms with Crippen molar-refractivity contribution >= 4 is 51.5 Å². The van der Waals surface area contributed by atoms with Crippen molar-refractivity contribution in [1.29, 1.82) is 0 Å². The van der Waals surface area contributed by atoms with Crippen molar-refractivity contribution in [2.45, 2.75) is 11.9 Å². The fourth-order valence-electron chi connectivity index (χ4n) is 3.94. The van der Waals surface area contributed by atoms with E-state index in [0.29, 0.717) is 5.02 Å². The lowest BCUT2D eigenvalue weighted by Gasteiger charge is -2.46. The van der Waals surface area contributed by atoms with Crippen molar-refractivity contribution in [2.75, 3.05) is 17.1 Å². The summed E-state index contributed by atoms with van der Waals surface area (Å²) >= 11 is 7.64. The van der Waals surface area contributed by atoms with Crippen LogP contribution in [0, 0.1) is 0 Å². The second-order valence-electron chi connectivity index (χ2n) is 7.28. The molecule has 160 valence electrons. The molecule has 0 N–H and O–H groups in total. The second-order valence-corrected chi connectivity index (χ2v) is 8.87. The van der Waals surface area contributed by atoms with E-state index in [4.69, 9.17) is 26.5 Å². The van der Waals surface area contributed by atoms with Crippen LogP contribution in [0.15, 0.2) is 89.1 Å². The van der Waals surface area contributed by atoms with E-state index in [2.05, 4.69) is 0 Å². The van der Waals surface area contributed by atoms with E-state index in [0.717, 1.165) is 28.2 Å². The first-order valence-corrected chi connectivity index (χ1v) is 11.2. The summed E-state index contributed by atoms with van der Waals surface area (Å²) in [6, 6.07) is 25.3. The number of hydrogen-bond donors (Lipinski definition) is 0. The van der Waals surface area contributed by atoms with Gasteiger partial charge >= 0.3 is 5.97 Å². The van der Waals surface area contributed by atoms with Gasteiger partial charge in [0.15, 0.2) is 0 Å². The van der Waals surface area contributed by atoms with Gasteiger partial charge in [0.1, 0.15) is 0 Å². The summed E-state index contributed by atoms with van der Waals surface area (Å²) in [5.41, 5.74) is 4.41. The number of benzene rings is 3. The molecule has 32 heavy (non-hydrogen) atoms. The van der Waals surface area contributed by atoms with Crippen molar-refractivity contribution in [3.63, 3.8) is 0 Å². The first kappa shape index (κ1) is 20.6. The Morgan fingerprint density at radius 3 is 2.38 bits per heavy atom. The fraction of sp³-hybridized carbons (Fsp3) is 0.125. The van der Waals surface area contributed by atoms with Gasteiger partial charge in [0.2, 0.25) is 10.0 Å². The average Bonchev–Trinajstić information content (AvgIpc) is 3.23. The van der Waals surface area contributed by atoms with Gasteiger partial charge in [0, 0.05) is 16.1 Å². The number of hydrazone groups is 2. The molecule has 2 aliphatic heterocycles. The van der Waals surface area contributed by atoms with Crippen molar-refractivity contribution in [3.05, 3.63) is 95.0 Å². The highest BCUT2D eigenvalue weighted by atomic mass is 35.5. The van der Waals surface area contributed by atoms with Crippen LogP contribution in [0.2, 0.25) is 5.02 Å². The predicted octanol–water partition coefficient (Wildman–Crippen LogP) is 5.43. The normalized spacial score (nSPS) is 19.5. The lowest BCUT2D eigenvalue weighted by molar-refractivity contribution is -0.132. The van der Waals surface area contributed by atoms with Crippen LogP contribution in [-0.2, 0) is 14.5 Å². The van der Waals surface area contributed by atoms with E-state index in [9.17, 15) is 4.79 Å². The minimum atomic E-state index is -0.994. The van der Waals surface area contributed by atoms with Crippen LogP contribution in [-0.4, -0.2) is 23.8 Å². The zero-order chi connectivity index (χ0) is 22.3. The molecular weight excluding hydrogens is 444 g/mol. The SMILES string of the molecule is COC(=O)C1=NN(c2cccc(Cl)c2)[C@]2(S1)c1ccccc1C(C)=NN2c1ccccc1. The first-order valence-electron chi connectivity index (χ1n) is 9.96. The maximum atomic E-state index is 12.6. The molecule has 0 aliphatic carbocycles. The fourth-order valence-corrected chi connectivity index (χ4v) is 5.44. The number of esters is 1. The Morgan fingerprint density at radius 2 is 1.62 bits per heavy atom. The molecule has 0 amide bonds. The summed E-state index contributed by atoms with van der Waals surface area (Å²) in [6.45, 7) is 1.98. The zero-order valence-corrected chi connectivity index (χ0v) is 19.0. The Kier molecular flexibility index (Phi) is 5.15. The number of fused-ring (bicyclic) bond motifs is 2. The highest BCUT2D eigenvalue weighted by Crippen LogP contribution is 2.54. The average molecular weight is 463 g/mol. The molecule has 0 aromatic heterocycles. The molecule has 0 saturated carbocycles. The van der Waals surface area contributed by atoms with Gasteiger partial charge in [-0.15, -0.1) is 0 Å². The van der Waals surface area contributed by atoms with Crippen LogP contribution in [0.25, 0.3) is 0 Å². The predicted molar refractivity (Wildman–Crippen MR) is 130 cm³/mol. The standard InChI is InChI=1S/C24H19ClN4O2S/c1-16-20-13-6-7-14-21(20)24(28(26-16)18-10-4-3-5-11-18)29(19-12-8-9-17(25)15-19)27-22(32-24)23(30)31-2/h3-15H,1-2H3/t24-/m0/s1. The van der Waals surface area contributed by atoms with Crippen molar-refractivity contribution < 1.29 is 9.53 Å². The Balaban J connectivity index is 1.81. The lowest BCUT2D eigenvalue weighted by Crippen LogP contribution is -2.53. The molecule has 6 nitrogen and oxygen atoms in total. The van der Waals surface area contributed by atoms with Crippen molar-refractivity contribution in [1.82, 2.24) is 0 Å². The molecule has 0 bridgehead atoms. The van der Waals surface area contributed by atoms with E-state index in [1.54, 1.807) is 11.1 Å². The molecule has 3 aromatic rings. The van der Waals surface area contributed by atoms with E-state index in [-0.39, 0.29) is 5.04 Å². The maximum absolute atomic E-state index is 12.6. The van der Waals surface area contributed by atoms with Crippen LogP contribution in [0.5, 0.6) is 0 Å². The van der Waals surface area contributed by atoms with Gasteiger partial charge in [-0.05, 0) is 49.0 Å². The highest BCUT2D eigenvalue weighted by molar-refractivity contribution is 8.16. The van der Waals surface area contributed by atoms with Crippen LogP contribution in [0.4, 0.5) is 11.4 Å². The van der Waals surface area contributed by atoms with Gasteiger partial charge in [-0.3, -0.25) is 0 Å². The molecule has 0 fully saturated rings. The molecule has 1 spiro atoms. The first-order chi connectivity index (χ1) is 15.5. The number of anilines is 2. The number of hydrogen-bond acceptors (Lipinski definition) is 7. The molecule has 0 saturated heterocycles. The van der Waals surface area contributed by atoms with E-state index < -0.39 is 11.0 Å². The summed E-state index contributed by atoms with van der Waals surface area (Å²) in [5, 5.41) is 14.2. The van der Waals surface area contributed by atoms with Gasteiger partial charge in [-0.1, -0.05) is 60.1 Å². The molecule has 0 unspecified atom stereocenters. The third kappa shape index (κ3) is 3.16. The van der Waals surface area contributed by atoms with Crippen molar-refractivity contribution in [3.8, 4) is 0 Å². The van der Waals surface area contributed by atoms with Crippen LogP contribution < -0.4 is 10.0 Å². The third-order valence-electron chi connectivity index (χ3n) is 5.34. The van der Waals surface area contributed by atoms with Crippen LogP contribution in [0.1, 0.15) is 18.1 Å². The number of nitrogens with zero attached hydrogens (tertiary/aromatic N) is 4. The van der Waals surface area contributed by atoms with Crippen LogP contribution in [0.3, 0.4) is 0 Å². The number of rotatable bonds is 3. The summed E-state index contributed by atoms with van der Waals surface area (Å²) in [6.07, 6.45) is 0. The number of ether oxygens (including phenoxy) is 1. The van der Waals surface area contributed by atoms with Gasteiger partial charge in [0.05, 0.1) is 24.2 Å². The molecule has 1 atom stereocenters. The number of thioether (sulfide) groups is 1. The summed E-state index contributed by atoms with van der Waals surface area (Å²) in [7, 11) is 1.35. The molecule has 3 aromatic carbocycles. The largest absolute Gasteiger partial charge is 0.464 e. The van der Waals surface area contributed by atoms with E-state index in [1.807, 2.05) is 84.7 Å². The Labute approximate surface area is 195 Å². The second kappa shape index (κ2) is 8.00. The maximum Gasteiger partial charge on any atom is 0.365 e. The quantitative estimate of drug-likeness (QED) is 0.485. The minimum Gasteiger partial charge on any atom is -0.464 e. The number of carbonyl (C=O) groups excluding carboxylic acids is 1. The molecule has 2 heterocycles. The number of carbonyl (C=O) groups is 1. The Hall–Kier alpha value is -3.29. The van der Waals surface area contributed by atoms with Crippen LogP contribution >= 0.6 is 23.4 Å². The molecule has 2 aliphatic rings. The molecule has 5 rings (SSSR count). The molecular formula is C24H19ClN4O2S. The number of methoxy groups -OCH3 is 1. The smallest absolute Gasteiger partial charge is 0.365 e. The van der Waals surface area contributed by atoms with Gasteiger partial charge in [0.25, 0.3) is 0 Å². The van der Waals surface area contributed by atoms with Gasteiger partial charge in [-0.25, -0.2) is 14.8 Å². The summed E-state index contributed by atoms with van der Waals surface area (Å²) in [4.78, 5) is 11.6. The summed E-state index contributed by atoms with van der Waals surface area (Å²) < 4.78 is 5.03. The lowest BCUT2D eigenvalue weighted by atomic mass is 9.98. The van der Waals surface area contributed by atoms with E-state index in [1.165, 1.54) is 18.9 Å². The number of para-hydroxylation sites is 1. The van der Waals surface area contributed by atoms with E-state index >= 15 is 0 Å². The Bertz CT molecular complexity index is 1260. The summed E-state index contributed by atoms with van der Waals surface area (Å²) in [5.74, 6) is -0.504. The third-order valence-corrected chi connectivity index (χ3v) is 6.86. The van der Waals surface area contributed by atoms with Crippen molar-refractivity contribution in [2.24, 2.45) is 10.2 Å². The molecule has 8 heteroatoms. The highest BCUT2D eigenvalue weighted by Gasteiger charge is 2.56. The minimum absolute atomic E-state index is 0.234. The van der Waals surface area contributed by atoms with Gasteiger partial charge < -0.3 is 4.74 Å². The Morgan fingerprint density at radius 1 is 0.938 bits per heavy atom. The topological polar surface area (TPSA) is 57.5 Å². The molecule has 0 radical (unpaired) electrons. The van der Waals surface area contributed by atoms with Gasteiger partial charge in [-0.2, -0.15) is 10.2 Å².